The first-order valence-electron chi connectivity index (χ1n) is 6.93. The molecule has 1 aromatic carbocycles. The molecule has 2 rings (SSSR count). The third-order valence-electron chi connectivity index (χ3n) is 3.48. The molecule has 1 fully saturated rings. The standard InChI is InChI=1S/C15H22BrNO2.ClH/c1-12-5-4-8-17(9-12)10-13(18)11-19-15-7-3-2-6-14(15)16;/h2-3,6-7,12-13,18H,4-5,8-11H2,1H3;1H. The number of halogens is 2. The van der Waals surface area contributed by atoms with Gasteiger partial charge in [0, 0.05) is 13.1 Å². The zero-order valence-electron chi connectivity index (χ0n) is 11.8. The number of piperidine rings is 1. The quantitative estimate of drug-likeness (QED) is 0.870. The highest BCUT2D eigenvalue weighted by Crippen LogP contribution is 2.24. The summed E-state index contributed by atoms with van der Waals surface area (Å²) in [6.07, 6.45) is 2.11. The lowest BCUT2D eigenvalue weighted by Crippen LogP contribution is -2.41. The van der Waals surface area contributed by atoms with Crippen molar-refractivity contribution >= 4 is 28.3 Å². The molecule has 0 saturated carbocycles. The molecule has 0 aromatic heterocycles. The maximum Gasteiger partial charge on any atom is 0.133 e. The van der Waals surface area contributed by atoms with Gasteiger partial charge in [-0.25, -0.2) is 0 Å². The van der Waals surface area contributed by atoms with Crippen LogP contribution in [0.5, 0.6) is 5.75 Å². The number of para-hydroxylation sites is 1. The SMILES string of the molecule is CC1CCCN(CC(O)COc2ccccc2Br)C1.Cl. The van der Waals surface area contributed by atoms with E-state index in [1.165, 1.54) is 12.8 Å². The van der Waals surface area contributed by atoms with Crippen molar-refractivity contribution in [3.05, 3.63) is 28.7 Å². The van der Waals surface area contributed by atoms with Crippen LogP contribution in [0.4, 0.5) is 0 Å². The average Bonchev–Trinajstić information content (AvgIpc) is 2.38. The Morgan fingerprint density at radius 2 is 2.20 bits per heavy atom. The van der Waals surface area contributed by atoms with E-state index in [2.05, 4.69) is 27.8 Å². The van der Waals surface area contributed by atoms with Crippen LogP contribution in [0.3, 0.4) is 0 Å². The van der Waals surface area contributed by atoms with Crippen LogP contribution in [-0.2, 0) is 0 Å². The van der Waals surface area contributed by atoms with Crippen molar-refractivity contribution in [3.8, 4) is 5.75 Å². The molecule has 1 aliphatic rings. The molecule has 5 heteroatoms. The van der Waals surface area contributed by atoms with Crippen LogP contribution in [0.15, 0.2) is 28.7 Å². The van der Waals surface area contributed by atoms with E-state index in [0.29, 0.717) is 13.2 Å². The molecule has 20 heavy (non-hydrogen) atoms. The first-order chi connectivity index (χ1) is 9.15. The molecular weight excluding hydrogens is 342 g/mol. The predicted molar refractivity (Wildman–Crippen MR) is 87.7 cm³/mol. The second-order valence-corrected chi connectivity index (χ2v) is 6.26. The summed E-state index contributed by atoms with van der Waals surface area (Å²) in [5, 5.41) is 10.1. The van der Waals surface area contributed by atoms with Crippen LogP contribution in [-0.4, -0.2) is 42.4 Å². The fourth-order valence-corrected chi connectivity index (χ4v) is 2.95. The van der Waals surface area contributed by atoms with Gasteiger partial charge in [0.05, 0.1) is 4.47 Å². The molecule has 114 valence electrons. The van der Waals surface area contributed by atoms with E-state index in [-0.39, 0.29) is 12.4 Å². The molecule has 1 heterocycles. The van der Waals surface area contributed by atoms with Crippen LogP contribution in [0.25, 0.3) is 0 Å². The largest absolute Gasteiger partial charge is 0.490 e. The number of likely N-dealkylation sites (tertiary alicyclic amines) is 1. The topological polar surface area (TPSA) is 32.7 Å². The number of aliphatic hydroxyl groups is 1. The lowest BCUT2D eigenvalue weighted by atomic mass is 10.0. The Morgan fingerprint density at radius 1 is 1.45 bits per heavy atom. The summed E-state index contributed by atoms with van der Waals surface area (Å²) in [5.74, 6) is 1.53. The molecule has 0 radical (unpaired) electrons. The molecule has 3 nitrogen and oxygen atoms in total. The maximum absolute atomic E-state index is 10.1. The summed E-state index contributed by atoms with van der Waals surface area (Å²) in [6, 6.07) is 7.72. The number of aliphatic hydroxyl groups excluding tert-OH is 1. The van der Waals surface area contributed by atoms with E-state index in [1.54, 1.807) is 0 Å². The Balaban J connectivity index is 0.00000200. The van der Waals surface area contributed by atoms with Crippen molar-refractivity contribution in [2.24, 2.45) is 5.92 Å². The monoisotopic (exact) mass is 363 g/mol. The van der Waals surface area contributed by atoms with Gasteiger partial charge in [-0.1, -0.05) is 19.1 Å². The number of nitrogens with zero attached hydrogens (tertiary/aromatic N) is 1. The van der Waals surface area contributed by atoms with Crippen LogP contribution >= 0.6 is 28.3 Å². The molecule has 0 spiro atoms. The lowest BCUT2D eigenvalue weighted by molar-refractivity contribution is 0.0535. The molecule has 2 unspecified atom stereocenters. The Kier molecular flexibility index (Phi) is 7.88. The number of rotatable bonds is 5. The molecule has 1 aromatic rings. The second kappa shape index (κ2) is 8.88. The van der Waals surface area contributed by atoms with Crippen LogP contribution < -0.4 is 4.74 Å². The summed E-state index contributed by atoms with van der Waals surface area (Å²) in [4.78, 5) is 2.34. The predicted octanol–water partition coefficient (Wildman–Crippen LogP) is 3.34. The number of benzene rings is 1. The smallest absolute Gasteiger partial charge is 0.133 e. The van der Waals surface area contributed by atoms with Crippen molar-refractivity contribution in [2.45, 2.75) is 25.9 Å². The maximum atomic E-state index is 10.1. The van der Waals surface area contributed by atoms with Gasteiger partial charge < -0.3 is 14.7 Å². The van der Waals surface area contributed by atoms with Gasteiger partial charge in [0.15, 0.2) is 0 Å². The van der Waals surface area contributed by atoms with Gasteiger partial charge in [-0.2, -0.15) is 0 Å². The minimum absolute atomic E-state index is 0. The van der Waals surface area contributed by atoms with E-state index in [4.69, 9.17) is 4.74 Å². The molecule has 1 N–H and O–H groups in total. The minimum Gasteiger partial charge on any atom is -0.490 e. The van der Waals surface area contributed by atoms with Crippen molar-refractivity contribution in [1.29, 1.82) is 0 Å². The van der Waals surface area contributed by atoms with Gasteiger partial charge in [0.1, 0.15) is 18.5 Å². The van der Waals surface area contributed by atoms with Crippen molar-refractivity contribution in [2.75, 3.05) is 26.2 Å². The number of hydrogen-bond donors (Lipinski definition) is 1. The lowest BCUT2D eigenvalue weighted by Gasteiger charge is -2.32. The normalized spacial score (nSPS) is 21.1. The summed E-state index contributed by atoms with van der Waals surface area (Å²) in [6.45, 7) is 5.50. The van der Waals surface area contributed by atoms with E-state index >= 15 is 0 Å². The third kappa shape index (κ3) is 5.60. The van der Waals surface area contributed by atoms with Gasteiger partial charge in [0.2, 0.25) is 0 Å². The highest BCUT2D eigenvalue weighted by atomic mass is 79.9. The van der Waals surface area contributed by atoms with Crippen LogP contribution in [0, 0.1) is 5.92 Å². The Morgan fingerprint density at radius 3 is 2.90 bits per heavy atom. The van der Waals surface area contributed by atoms with Gasteiger partial charge in [-0.15, -0.1) is 12.4 Å². The van der Waals surface area contributed by atoms with Crippen LogP contribution in [0.2, 0.25) is 0 Å². The second-order valence-electron chi connectivity index (χ2n) is 5.40. The zero-order chi connectivity index (χ0) is 13.7. The van der Waals surface area contributed by atoms with Gasteiger partial charge in [-0.05, 0) is 53.4 Å². The Hall–Kier alpha value is -0.290. The molecule has 0 aliphatic carbocycles. The van der Waals surface area contributed by atoms with Crippen molar-refractivity contribution in [1.82, 2.24) is 4.90 Å². The Bertz CT molecular complexity index is 405. The van der Waals surface area contributed by atoms with Crippen molar-refractivity contribution < 1.29 is 9.84 Å². The molecule has 1 aliphatic heterocycles. The third-order valence-corrected chi connectivity index (χ3v) is 4.13. The average molecular weight is 365 g/mol. The highest BCUT2D eigenvalue weighted by Gasteiger charge is 2.19. The number of β-amino-alcohol motifs (C(OH)–C–C–N with tert-alkyl or cyclic N) is 1. The summed E-state index contributed by atoms with van der Waals surface area (Å²) in [7, 11) is 0. The highest BCUT2D eigenvalue weighted by molar-refractivity contribution is 9.10. The zero-order valence-corrected chi connectivity index (χ0v) is 14.2. The van der Waals surface area contributed by atoms with E-state index in [9.17, 15) is 5.11 Å². The minimum atomic E-state index is -0.433. The Labute approximate surface area is 135 Å². The van der Waals surface area contributed by atoms with E-state index in [1.807, 2.05) is 24.3 Å². The molecule has 2 atom stereocenters. The van der Waals surface area contributed by atoms with E-state index in [0.717, 1.165) is 29.2 Å². The molecule has 1 saturated heterocycles. The van der Waals surface area contributed by atoms with Crippen LogP contribution in [0.1, 0.15) is 19.8 Å². The summed E-state index contributed by atoms with van der Waals surface area (Å²) >= 11 is 3.44. The summed E-state index contributed by atoms with van der Waals surface area (Å²) < 4.78 is 6.57. The summed E-state index contributed by atoms with van der Waals surface area (Å²) in [5.41, 5.74) is 0. The first kappa shape index (κ1) is 17.8. The first-order valence-corrected chi connectivity index (χ1v) is 7.72. The fourth-order valence-electron chi connectivity index (χ4n) is 2.55. The molecule has 0 amide bonds. The van der Waals surface area contributed by atoms with Gasteiger partial charge in [0.25, 0.3) is 0 Å². The molecule has 0 bridgehead atoms. The fraction of sp³-hybridized carbons (Fsp3) is 0.600. The number of ether oxygens (including phenoxy) is 1. The number of hydrogen-bond acceptors (Lipinski definition) is 3. The van der Waals surface area contributed by atoms with Gasteiger partial charge >= 0.3 is 0 Å². The molecular formula is C15H23BrClNO2. The van der Waals surface area contributed by atoms with Gasteiger partial charge in [-0.3, -0.25) is 0 Å². The van der Waals surface area contributed by atoms with E-state index < -0.39 is 6.10 Å². The van der Waals surface area contributed by atoms with Crippen molar-refractivity contribution in [3.63, 3.8) is 0 Å².